The Balaban J connectivity index is 1.53. The first kappa shape index (κ1) is 25.0. The summed E-state index contributed by atoms with van der Waals surface area (Å²) in [4.78, 5) is 21.3. The van der Waals surface area contributed by atoms with Gasteiger partial charge in [-0.15, -0.1) is 0 Å². The molecular weight excluding hydrogens is 496 g/mol. The van der Waals surface area contributed by atoms with Crippen LogP contribution in [0, 0.1) is 6.92 Å². The van der Waals surface area contributed by atoms with Crippen LogP contribution in [0.25, 0.3) is 22.1 Å². The number of imidazole rings is 1. The van der Waals surface area contributed by atoms with E-state index in [0.717, 1.165) is 9.54 Å². The van der Waals surface area contributed by atoms with E-state index in [1.807, 2.05) is 11.9 Å². The van der Waals surface area contributed by atoms with Gasteiger partial charge in [-0.1, -0.05) is 17.7 Å². The van der Waals surface area contributed by atoms with Gasteiger partial charge >= 0.3 is 6.09 Å². The van der Waals surface area contributed by atoms with Crippen molar-refractivity contribution in [3.05, 3.63) is 54.1 Å². The van der Waals surface area contributed by atoms with E-state index in [1.54, 1.807) is 62.7 Å². The van der Waals surface area contributed by atoms with Gasteiger partial charge in [0.05, 0.1) is 30.2 Å². The van der Waals surface area contributed by atoms with Crippen molar-refractivity contribution in [3.8, 4) is 0 Å². The summed E-state index contributed by atoms with van der Waals surface area (Å²) in [5, 5.41) is 15.8. The van der Waals surface area contributed by atoms with Crippen molar-refractivity contribution < 1.29 is 23.1 Å². The third-order valence-electron chi connectivity index (χ3n) is 6.11. The van der Waals surface area contributed by atoms with E-state index in [0.29, 0.717) is 35.3 Å². The highest BCUT2D eigenvalue weighted by Gasteiger charge is 2.34. The molecular formula is C25H30N6O5S. The van der Waals surface area contributed by atoms with Crippen molar-refractivity contribution in [2.24, 2.45) is 0 Å². The number of pyridine rings is 1. The van der Waals surface area contributed by atoms with E-state index >= 15 is 0 Å². The van der Waals surface area contributed by atoms with E-state index < -0.39 is 27.8 Å². The van der Waals surface area contributed by atoms with E-state index in [1.165, 1.54) is 12.4 Å². The van der Waals surface area contributed by atoms with Crippen molar-refractivity contribution in [1.29, 1.82) is 0 Å². The van der Waals surface area contributed by atoms with Crippen molar-refractivity contribution >= 4 is 38.2 Å². The first-order valence-corrected chi connectivity index (χ1v) is 13.4. The highest BCUT2D eigenvalue weighted by atomic mass is 32.2. The Morgan fingerprint density at radius 1 is 1.19 bits per heavy atom. The molecule has 1 saturated heterocycles. The SMILES string of the molecule is Cc1ccc(S(=O)(=O)n2ccc3c2ncc2nc([C@@H](C)O)n(N4CC(NC(=O)OC(C)(C)C)C4)c23)cc1. The average Bonchev–Trinajstić information content (AvgIpc) is 3.37. The van der Waals surface area contributed by atoms with Gasteiger partial charge in [-0.05, 0) is 52.8 Å². The van der Waals surface area contributed by atoms with Crippen LogP contribution in [0.4, 0.5) is 4.79 Å². The predicted octanol–water partition coefficient (Wildman–Crippen LogP) is 2.83. The summed E-state index contributed by atoms with van der Waals surface area (Å²) >= 11 is 0. The number of hydrogen-bond acceptors (Lipinski definition) is 8. The largest absolute Gasteiger partial charge is 0.444 e. The Hall–Kier alpha value is -3.64. The second-order valence-electron chi connectivity index (χ2n) is 10.3. The van der Waals surface area contributed by atoms with Crippen LogP contribution in [0.5, 0.6) is 0 Å². The Kier molecular flexibility index (Phi) is 5.91. The summed E-state index contributed by atoms with van der Waals surface area (Å²) in [6, 6.07) is 8.18. The highest BCUT2D eigenvalue weighted by molar-refractivity contribution is 7.90. The molecule has 37 heavy (non-hydrogen) atoms. The zero-order valence-corrected chi connectivity index (χ0v) is 22.2. The zero-order chi connectivity index (χ0) is 26.7. The molecule has 2 N–H and O–H groups in total. The summed E-state index contributed by atoms with van der Waals surface area (Å²) in [5.74, 6) is 0.397. The lowest BCUT2D eigenvalue weighted by molar-refractivity contribution is 0.0489. The van der Waals surface area contributed by atoms with Gasteiger partial charge < -0.3 is 20.2 Å². The molecule has 1 fully saturated rings. The van der Waals surface area contributed by atoms with E-state index in [2.05, 4.69) is 15.3 Å². The Morgan fingerprint density at radius 3 is 2.49 bits per heavy atom. The summed E-state index contributed by atoms with van der Waals surface area (Å²) in [5.41, 5.74) is 1.78. The predicted molar refractivity (Wildman–Crippen MR) is 139 cm³/mol. The van der Waals surface area contributed by atoms with Gasteiger partial charge in [0.2, 0.25) is 0 Å². The number of hydrogen-bond donors (Lipinski definition) is 2. The summed E-state index contributed by atoms with van der Waals surface area (Å²) < 4.78 is 35.1. The molecule has 11 nitrogen and oxygen atoms in total. The smallest absolute Gasteiger partial charge is 0.407 e. The first-order chi connectivity index (χ1) is 17.3. The third kappa shape index (κ3) is 4.51. The molecule has 3 aromatic heterocycles. The lowest BCUT2D eigenvalue weighted by Gasteiger charge is -2.42. The maximum atomic E-state index is 13.4. The Labute approximate surface area is 214 Å². The van der Waals surface area contributed by atoms with E-state index in [4.69, 9.17) is 4.74 Å². The Morgan fingerprint density at radius 2 is 1.86 bits per heavy atom. The molecule has 0 saturated carbocycles. The number of alkyl carbamates (subject to hydrolysis) is 1. The molecule has 0 bridgehead atoms. The molecule has 1 aromatic carbocycles. The maximum absolute atomic E-state index is 13.4. The van der Waals surface area contributed by atoms with Crippen LogP contribution in [0.1, 0.15) is 45.2 Å². The molecule has 1 aliphatic heterocycles. The number of nitrogens with zero attached hydrogens (tertiary/aromatic N) is 5. The van der Waals surface area contributed by atoms with Crippen molar-refractivity contribution in [2.45, 2.75) is 57.3 Å². The number of ether oxygens (including phenoxy) is 1. The lowest BCUT2D eigenvalue weighted by atomic mass is 10.1. The number of fused-ring (bicyclic) bond motifs is 3. The van der Waals surface area contributed by atoms with Crippen LogP contribution >= 0.6 is 0 Å². The number of nitrogens with one attached hydrogen (secondary N) is 1. The number of aryl methyl sites for hydroxylation is 1. The van der Waals surface area contributed by atoms with Crippen LogP contribution in [-0.2, 0) is 14.8 Å². The molecule has 0 radical (unpaired) electrons. The number of benzene rings is 1. The fourth-order valence-electron chi connectivity index (χ4n) is 4.39. The summed E-state index contributed by atoms with van der Waals surface area (Å²) in [6.45, 7) is 9.83. The molecule has 1 aliphatic rings. The number of carbonyl (C=O) groups is 1. The van der Waals surface area contributed by atoms with Crippen molar-refractivity contribution in [3.63, 3.8) is 0 Å². The summed E-state index contributed by atoms with van der Waals surface area (Å²) in [7, 11) is -3.88. The molecule has 0 aliphatic carbocycles. The second-order valence-corrected chi connectivity index (χ2v) is 12.1. The molecule has 12 heteroatoms. The van der Waals surface area contributed by atoms with Gasteiger partial charge in [0.1, 0.15) is 22.7 Å². The standard InChI is InChI=1S/C25H30N6O5S/c1-15-6-8-18(9-7-15)37(34,35)30-11-10-19-21-20(12-26-23(19)30)28-22(16(2)32)31(21)29-13-17(14-29)27-24(33)36-25(3,4)5/h6-12,16-17,32H,13-14H2,1-5H3,(H,27,33)/t16-/m1/s1. The van der Waals surface area contributed by atoms with Gasteiger partial charge in [0.25, 0.3) is 10.0 Å². The van der Waals surface area contributed by atoms with E-state index in [-0.39, 0.29) is 16.6 Å². The normalized spacial score (nSPS) is 15.7. The van der Waals surface area contributed by atoms with Crippen LogP contribution in [0.2, 0.25) is 0 Å². The van der Waals surface area contributed by atoms with Gasteiger partial charge in [-0.3, -0.25) is 0 Å². The fraction of sp³-hybridized carbons (Fsp3) is 0.400. The zero-order valence-electron chi connectivity index (χ0n) is 21.3. The van der Waals surface area contributed by atoms with Crippen LogP contribution in [0.15, 0.2) is 47.6 Å². The fourth-order valence-corrected chi connectivity index (χ4v) is 5.69. The number of aromatic nitrogens is 4. The van der Waals surface area contributed by atoms with Crippen LogP contribution in [0.3, 0.4) is 0 Å². The molecule has 5 rings (SSSR count). The van der Waals surface area contributed by atoms with Gasteiger partial charge in [0.15, 0.2) is 11.5 Å². The molecule has 1 amide bonds. The number of aliphatic hydroxyl groups excluding tert-OH is 1. The first-order valence-electron chi connectivity index (χ1n) is 12.0. The number of amides is 1. The van der Waals surface area contributed by atoms with Crippen LogP contribution < -0.4 is 10.3 Å². The quantitative estimate of drug-likeness (QED) is 0.406. The molecule has 0 unspecified atom stereocenters. The molecule has 1 atom stereocenters. The minimum absolute atomic E-state index is 0.155. The number of carbonyl (C=O) groups excluding carboxylic acids is 1. The number of rotatable bonds is 5. The van der Waals surface area contributed by atoms with Crippen molar-refractivity contribution in [2.75, 3.05) is 18.1 Å². The maximum Gasteiger partial charge on any atom is 0.407 e. The molecule has 196 valence electrons. The third-order valence-corrected chi connectivity index (χ3v) is 7.79. The second kappa shape index (κ2) is 8.73. The highest BCUT2D eigenvalue weighted by Crippen LogP contribution is 2.31. The van der Waals surface area contributed by atoms with Gasteiger partial charge in [-0.25, -0.2) is 31.8 Å². The van der Waals surface area contributed by atoms with Gasteiger partial charge in [-0.2, -0.15) is 0 Å². The van der Waals surface area contributed by atoms with Crippen molar-refractivity contribution in [1.82, 2.24) is 23.9 Å². The molecule has 0 spiro atoms. The molecule has 4 aromatic rings. The minimum atomic E-state index is -3.88. The Bertz CT molecular complexity index is 1590. The lowest BCUT2D eigenvalue weighted by Crippen LogP contribution is -2.64. The molecule has 4 heterocycles. The average molecular weight is 527 g/mol. The monoisotopic (exact) mass is 526 g/mol. The minimum Gasteiger partial charge on any atom is -0.444 e. The topological polar surface area (TPSA) is 132 Å². The van der Waals surface area contributed by atoms with Gasteiger partial charge in [0, 0.05) is 11.6 Å². The summed E-state index contributed by atoms with van der Waals surface area (Å²) in [6.07, 6.45) is 1.61. The van der Waals surface area contributed by atoms with E-state index in [9.17, 15) is 18.3 Å². The number of aliphatic hydroxyl groups is 1. The van der Waals surface area contributed by atoms with Crippen LogP contribution in [-0.4, -0.2) is 63.0 Å².